The molecular formula is C12H20O5. The summed E-state index contributed by atoms with van der Waals surface area (Å²) in [6.07, 6.45) is 6.44. The summed E-state index contributed by atoms with van der Waals surface area (Å²) >= 11 is 0. The van der Waals surface area contributed by atoms with Gasteiger partial charge in [0.15, 0.2) is 0 Å². The number of hydrogen-bond acceptors (Lipinski definition) is 3. The number of carbonyl (C=O) groups is 2. The van der Waals surface area contributed by atoms with E-state index in [1.54, 1.807) is 0 Å². The molecule has 0 spiro atoms. The molecule has 0 rings (SSSR count). The highest BCUT2D eigenvalue weighted by atomic mass is 16.4. The number of carboxylic acids is 2. The lowest BCUT2D eigenvalue weighted by atomic mass is 10.1. The van der Waals surface area contributed by atoms with Crippen LogP contribution in [0, 0.1) is 0 Å². The van der Waals surface area contributed by atoms with Crippen molar-refractivity contribution in [3.05, 3.63) is 12.2 Å². The summed E-state index contributed by atoms with van der Waals surface area (Å²) in [6, 6.07) is 0. The van der Waals surface area contributed by atoms with Gasteiger partial charge in [0.2, 0.25) is 0 Å². The number of aliphatic hydroxyl groups is 1. The third-order valence-electron chi connectivity index (χ3n) is 2.25. The van der Waals surface area contributed by atoms with Crippen LogP contribution in [0.15, 0.2) is 12.2 Å². The molecule has 0 heterocycles. The van der Waals surface area contributed by atoms with Crippen molar-refractivity contribution in [1.29, 1.82) is 0 Å². The fourth-order valence-electron chi connectivity index (χ4n) is 1.37. The summed E-state index contributed by atoms with van der Waals surface area (Å²) in [5.74, 6) is -1.76. The van der Waals surface area contributed by atoms with E-state index in [0.717, 1.165) is 12.8 Å². The molecule has 0 radical (unpaired) electrons. The number of aliphatic carboxylic acids is 2. The maximum atomic E-state index is 10.2. The van der Waals surface area contributed by atoms with Crippen molar-refractivity contribution in [3.63, 3.8) is 0 Å². The summed E-state index contributed by atoms with van der Waals surface area (Å²) in [6.45, 7) is 0. The van der Waals surface area contributed by atoms with E-state index in [2.05, 4.69) is 0 Å². The molecule has 17 heavy (non-hydrogen) atoms. The van der Waals surface area contributed by atoms with Crippen LogP contribution in [-0.2, 0) is 9.59 Å². The van der Waals surface area contributed by atoms with E-state index in [1.165, 1.54) is 0 Å². The van der Waals surface area contributed by atoms with Crippen molar-refractivity contribution in [2.24, 2.45) is 0 Å². The molecule has 0 aliphatic rings. The molecular weight excluding hydrogens is 224 g/mol. The Hall–Kier alpha value is -1.36. The molecule has 0 aromatic carbocycles. The highest BCUT2D eigenvalue weighted by Gasteiger charge is 2.07. The van der Waals surface area contributed by atoms with Crippen molar-refractivity contribution >= 4 is 11.9 Å². The zero-order valence-corrected chi connectivity index (χ0v) is 9.84. The van der Waals surface area contributed by atoms with E-state index in [4.69, 9.17) is 10.2 Å². The van der Waals surface area contributed by atoms with E-state index in [-0.39, 0.29) is 12.8 Å². The van der Waals surface area contributed by atoms with E-state index < -0.39 is 18.0 Å². The van der Waals surface area contributed by atoms with Gasteiger partial charge >= 0.3 is 11.9 Å². The first-order chi connectivity index (χ1) is 8.02. The average Bonchev–Trinajstić information content (AvgIpc) is 2.20. The second-order valence-electron chi connectivity index (χ2n) is 3.94. The molecule has 0 aromatic heterocycles. The standard InChI is InChI=1S/C12H20O5/c13-10(9-12(16)17)7-5-3-1-2-4-6-8-11(14)15/h1,3,10,13H,2,4-9H2,(H,14,15)(H,16,17)/b3-1+. The Morgan fingerprint density at radius 2 is 1.65 bits per heavy atom. The SMILES string of the molecule is O=C(O)CCCC/C=C/CCC(O)CC(=O)O. The van der Waals surface area contributed by atoms with Gasteiger partial charge in [0.25, 0.3) is 0 Å². The maximum absolute atomic E-state index is 10.2. The third kappa shape index (κ3) is 12.6. The molecule has 0 aliphatic carbocycles. The van der Waals surface area contributed by atoms with Crippen molar-refractivity contribution in [3.8, 4) is 0 Å². The van der Waals surface area contributed by atoms with Crippen LogP contribution in [0.25, 0.3) is 0 Å². The maximum Gasteiger partial charge on any atom is 0.305 e. The van der Waals surface area contributed by atoms with E-state index in [0.29, 0.717) is 19.3 Å². The summed E-state index contributed by atoms with van der Waals surface area (Å²) in [4.78, 5) is 20.4. The predicted octanol–water partition coefficient (Wildman–Crippen LogP) is 1.80. The third-order valence-corrected chi connectivity index (χ3v) is 2.25. The Bertz CT molecular complexity index is 260. The van der Waals surface area contributed by atoms with Crippen LogP contribution in [0.3, 0.4) is 0 Å². The quantitative estimate of drug-likeness (QED) is 0.402. The number of hydrogen-bond donors (Lipinski definition) is 3. The molecule has 0 saturated carbocycles. The summed E-state index contributed by atoms with van der Waals surface area (Å²) in [5.41, 5.74) is 0. The molecule has 5 heteroatoms. The zero-order chi connectivity index (χ0) is 13.1. The van der Waals surface area contributed by atoms with Gasteiger partial charge < -0.3 is 15.3 Å². The minimum atomic E-state index is -0.991. The Morgan fingerprint density at radius 1 is 1.00 bits per heavy atom. The lowest BCUT2D eigenvalue weighted by Crippen LogP contribution is -2.12. The molecule has 1 unspecified atom stereocenters. The van der Waals surface area contributed by atoms with Crippen molar-refractivity contribution in [1.82, 2.24) is 0 Å². The molecule has 0 bridgehead atoms. The van der Waals surface area contributed by atoms with Gasteiger partial charge in [-0.2, -0.15) is 0 Å². The Balaban J connectivity index is 3.36. The summed E-state index contributed by atoms with van der Waals surface area (Å²) in [5, 5.41) is 26.0. The lowest BCUT2D eigenvalue weighted by Gasteiger charge is -2.04. The largest absolute Gasteiger partial charge is 0.481 e. The highest BCUT2D eigenvalue weighted by molar-refractivity contribution is 5.67. The van der Waals surface area contributed by atoms with Crippen molar-refractivity contribution < 1.29 is 24.9 Å². The van der Waals surface area contributed by atoms with Gasteiger partial charge in [-0.25, -0.2) is 0 Å². The van der Waals surface area contributed by atoms with Gasteiger partial charge in [-0.15, -0.1) is 0 Å². The van der Waals surface area contributed by atoms with Crippen LogP contribution in [0.5, 0.6) is 0 Å². The fourth-order valence-corrected chi connectivity index (χ4v) is 1.37. The monoisotopic (exact) mass is 244 g/mol. The van der Waals surface area contributed by atoms with Crippen LogP contribution in [0.4, 0.5) is 0 Å². The summed E-state index contributed by atoms with van der Waals surface area (Å²) in [7, 11) is 0. The number of carboxylic acid groups (broad SMARTS) is 2. The minimum Gasteiger partial charge on any atom is -0.481 e. The molecule has 0 fully saturated rings. The number of unbranched alkanes of at least 4 members (excludes halogenated alkanes) is 2. The van der Waals surface area contributed by atoms with Crippen molar-refractivity contribution in [2.45, 2.75) is 51.0 Å². The average molecular weight is 244 g/mol. The van der Waals surface area contributed by atoms with E-state index in [9.17, 15) is 14.7 Å². The first kappa shape index (κ1) is 15.6. The molecule has 0 aromatic rings. The molecule has 98 valence electrons. The van der Waals surface area contributed by atoms with Gasteiger partial charge in [0, 0.05) is 6.42 Å². The minimum absolute atomic E-state index is 0.200. The van der Waals surface area contributed by atoms with Gasteiger partial charge in [0.05, 0.1) is 12.5 Å². The smallest absolute Gasteiger partial charge is 0.305 e. The Morgan fingerprint density at radius 3 is 2.24 bits per heavy atom. The van der Waals surface area contributed by atoms with E-state index in [1.807, 2.05) is 12.2 Å². The Labute approximate surface area is 101 Å². The van der Waals surface area contributed by atoms with Crippen LogP contribution in [0.1, 0.15) is 44.9 Å². The Kier molecular flexibility index (Phi) is 9.05. The van der Waals surface area contributed by atoms with Gasteiger partial charge in [-0.3, -0.25) is 9.59 Å². The normalized spacial score (nSPS) is 12.8. The molecule has 0 amide bonds. The number of allylic oxidation sites excluding steroid dienone is 2. The van der Waals surface area contributed by atoms with E-state index >= 15 is 0 Å². The zero-order valence-electron chi connectivity index (χ0n) is 9.84. The van der Waals surface area contributed by atoms with Gasteiger partial charge in [-0.05, 0) is 32.1 Å². The van der Waals surface area contributed by atoms with Crippen LogP contribution in [-0.4, -0.2) is 33.4 Å². The molecule has 5 nitrogen and oxygen atoms in total. The lowest BCUT2D eigenvalue weighted by molar-refractivity contribution is -0.139. The van der Waals surface area contributed by atoms with Crippen LogP contribution in [0.2, 0.25) is 0 Å². The topological polar surface area (TPSA) is 94.8 Å². The molecule has 0 saturated heterocycles. The van der Waals surface area contributed by atoms with Crippen LogP contribution < -0.4 is 0 Å². The second-order valence-corrected chi connectivity index (χ2v) is 3.94. The first-order valence-corrected chi connectivity index (χ1v) is 5.79. The predicted molar refractivity (Wildman–Crippen MR) is 62.7 cm³/mol. The second kappa shape index (κ2) is 9.84. The summed E-state index contributed by atoms with van der Waals surface area (Å²) < 4.78 is 0. The fraction of sp³-hybridized carbons (Fsp3) is 0.667. The van der Waals surface area contributed by atoms with Gasteiger partial charge in [-0.1, -0.05) is 12.2 Å². The number of aliphatic hydroxyl groups excluding tert-OH is 1. The number of rotatable bonds is 10. The first-order valence-electron chi connectivity index (χ1n) is 5.79. The highest BCUT2D eigenvalue weighted by Crippen LogP contribution is 2.05. The van der Waals surface area contributed by atoms with Crippen molar-refractivity contribution in [2.75, 3.05) is 0 Å². The molecule has 1 atom stereocenters. The van der Waals surface area contributed by atoms with Gasteiger partial charge in [0.1, 0.15) is 0 Å². The van der Waals surface area contributed by atoms with Crippen LogP contribution >= 0.6 is 0 Å². The molecule has 3 N–H and O–H groups in total. The molecule has 0 aliphatic heterocycles.